The zero-order chi connectivity index (χ0) is 42.9. The highest BCUT2D eigenvalue weighted by molar-refractivity contribution is 5.98. The average molecular weight is 817 g/mol. The molecule has 4 amide bonds. The Bertz CT molecular complexity index is 1940. The van der Waals surface area contributed by atoms with Gasteiger partial charge in [-0.1, -0.05) is 97.1 Å². The van der Waals surface area contributed by atoms with Gasteiger partial charge in [-0.05, 0) is 88.1 Å². The van der Waals surface area contributed by atoms with E-state index in [0.29, 0.717) is 24.2 Å². The first-order valence-corrected chi connectivity index (χ1v) is 20.4. The maximum Gasteiger partial charge on any atom is 0.410 e. The number of nitrogens with zero attached hydrogens (tertiary/aromatic N) is 2. The molecule has 0 unspecified atom stereocenters. The summed E-state index contributed by atoms with van der Waals surface area (Å²) >= 11 is 0. The zero-order valence-electron chi connectivity index (χ0n) is 35.3. The van der Waals surface area contributed by atoms with Crippen LogP contribution in [0.1, 0.15) is 76.6 Å². The highest BCUT2D eigenvalue weighted by Gasteiger charge is 2.43. The van der Waals surface area contributed by atoms with Crippen molar-refractivity contribution in [1.82, 2.24) is 9.80 Å². The minimum Gasteiger partial charge on any atom is -0.445 e. The van der Waals surface area contributed by atoms with Crippen molar-refractivity contribution in [2.24, 2.45) is 0 Å². The van der Waals surface area contributed by atoms with Crippen molar-refractivity contribution in [1.29, 1.82) is 0 Å². The van der Waals surface area contributed by atoms with E-state index in [4.69, 9.17) is 18.9 Å². The topological polar surface area (TPSA) is 136 Å². The van der Waals surface area contributed by atoms with Crippen LogP contribution in [0, 0.1) is 0 Å². The Morgan fingerprint density at radius 2 is 0.900 bits per heavy atom. The SMILES string of the molecule is CC(C)(C)O[C@@H]1C[C@@H](C(=O)Nc2ccc(C=Cc3ccc(NC(=O)[C@@H]4C[C@@H](OC(C)(C)C)CN4C(=O)OCc4ccccc4)cc3)cc2)N(C(=O)OCc2ccccc2)C1. The molecular formula is C48H56N4O8. The molecule has 4 aromatic carbocycles. The van der Waals surface area contributed by atoms with Crippen molar-refractivity contribution in [2.75, 3.05) is 23.7 Å². The molecule has 60 heavy (non-hydrogen) atoms. The molecule has 2 fully saturated rings. The Kier molecular flexibility index (Phi) is 14.1. The van der Waals surface area contributed by atoms with Gasteiger partial charge in [0, 0.05) is 24.2 Å². The molecule has 6 rings (SSSR count). The quantitative estimate of drug-likeness (QED) is 0.135. The fourth-order valence-electron chi connectivity index (χ4n) is 7.27. The Hall–Kier alpha value is -5.98. The second kappa shape index (κ2) is 19.4. The third-order valence-corrected chi connectivity index (χ3v) is 9.88. The van der Waals surface area contributed by atoms with Crippen LogP contribution in [0.4, 0.5) is 21.0 Å². The van der Waals surface area contributed by atoms with Crippen molar-refractivity contribution in [2.45, 2.75) is 103 Å². The number of carbonyl (C=O) groups excluding carboxylic acids is 4. The van der Waals surface area contributed by atoms with Gasteiger partial charge in [-0.2, -0.15) is 0 Å². The first-order valence-electron chi connectivity index (χ1n) is 20.4. The summed E-state index contributed by atoms with van der Waals surface area (Å²) in [5.41, 5.74) is 3.83. The Labute approximate surface area is 352 Å². The molecule has 0 bridgehead atoms. The summed E-state index contributed by atoms with van der Waals surface area (Å²) in [6.07, 6.45) is 2.83. The molecule has 2 heterocycles. The number of amides is 4. The standard InChI is InChI=1S/C48H56N4O8/c1-47(2,3)59-39-27-41(51(29-39)45(55)57-31-35-13-9-7-10-14-35)43(53)49-37-23-19-33(20-24-37)17-18-34-21-25-38(26-22-34)50-44(54)42-28-40(60-48(4,5)6)30-52(42)46(56)58-32-36-15-11-8-12-16-36/h7-26,39-42H,27-32H2,1-6H3,(H,49,53)(H,50,54)/t39-,40-,41+,42+/m1/s1. The van der Waals surface area contributed by atoms with Crippen LogP contribution in [0.25, 0.3) is 12.2 Å². The normalized spacial score (nSPS) is 19.3. The van der Waals surface area contributed by atoms with E-state index in [-0.39, 0.29) is 50.3 Å². The second-order valence-electron chi connectivity index (χ2n) is 17.1. The van der Waals surface area contributed by atoms with Gasteiger partial charge in [0.15, 0.2) is 0 Å². The number of ether oxygens (including phenoxy) is 4. The van der Waals surface area contributed by atoms with Crippen LogP contribution >= 0.6 is 0 Å². The van der Waals surface area contributed by atoms with E-state index in [1.165, 1.54) is 9.80 Å². The molecule has 2 saturated heterocycles. The zero-order valence-corrected chi connectivity index (χ0v) is 35.3. The van der Waals surface area contributed by atoms with Gasteiger partial charge >= 0.3 is 12.2 Å². The highest BCUT2D eigenvalue weighted by atomic mass is 16.6. The van der Waals surface area contributed by atoms with Gasteiger partial charge < -0.3 is 29.6 Å². The number of likely N-dealkylation sites (tertiary alicyclic amines) is 2. The van der Waals surface area contributed by atoms with Crippen LogP contribution in [0.5, 0.6) is 0 Å². The molecule has 0 radical (unpaired) electrons. The lowest BCUT2D eigenvalue weighted by Crippen LogP contribution is -2.43. The third kappa shape index (κ3) is 12.8. The number of hydrogen-bond acceptors (Lipinski definition) is 8. The van der Waals surface area contributed by atoms with Crippen molar-refractivity contribution in [3.63, 3.8) is 0 Å². The maximum atomic E-state index is 13.6. The summed E-state index contributed by atoms with van der Waals surface area (Å²) in [4.78, 5) is 56.5. The molecule has 316 valence electrons. The van der Waals surface area contributed by atoms with Gasteiger partial charge in [0.1, 0.15) is 25.3 Å². The molecule has 12 heteroatoms. The molecule has 0 spiro atoms. The van der Waals surface area contributed by atoms with Crippen LogP contribution in [0.3, 0.4) is 0 Å². The van der Waals surface area contributed by atoms with Crippen molar-refractivity contribution < 1.29 is 38.1 Å². The van der Waals surface area contributed by atoms with Crippen LogP contribution in [0.2, 0.25) is 0 Å². The third-order valence-electron chi connectivity index (χ3n) is 9.88. The molecule has 12 nitrogen and oxygen atoms in total. The Morgan fingerprint density at radius 1 is 0.550 bits per heavy atom. The van der Waals surface area contributed by atoms with Crippen LogP contribution in [-0.4, -0.2) is 82.4 Å². The van der Waals surface area contributed by atoms with E-state index in [1.54, 1.807) is 0 Å². The van der Waals surface area contributed by atoms with E-state index in [0.717, 1.165) is 22.3 Å². The lowest BCUT2D eigenvalue weighted by molar-refractivity contribution is -0.120. The number of nitrogens with one attached hydrogen (secondary N) is 2. The van der Waals surface area contributed by atoms with Crippen molar-refractivity contribution in [3.05, 3.63) is 131 Å². The molecule has 4 aromatic rings. The lowest BCUT2D eigenvalue weighted by atomic mass is 10.1. The van der Waals surface area contributed by atoms with Gasteiger partial charge in [0.05, 0.1) is 36.5 Å². The summed E-state index contributed by atoms with van der Waals surface area (Å²) in [6, 6.07) is 32.1. The molecular weight excluding hydrogens is 761 g/mol. The minimum absolute atomic E-state index is 0.106. The maximum absolute atomic E-state index is 13.6. The molecule has 0 saturated carbocycles. The van der Waals surface area contributed by atoms with Crippen LogP contribution in [0.15, 0.2) is 109 Å². The van der Waals surface area contributed by atoms with Crippen molar-refractivity contribution in [3.8, 4) is 0 Å². The van der Waals surface area contributed by atoms with Crippen LogP contribution < -0.4 is 10.6 Å². The number of carbonyl (C=O) groups is 4. The predicted octanol–water partition coefficient (Wildman–Crippen LogP) is 8.92. The van der Waals surface area contributed by atoms with Crippen molar-refractivity contribution >= 4 is 47.5 Å². The van der Waals surface area contributed by atoms with Crippen LogP contribution in [-0.2, 0) is 41.8 Å². The Morgan fingerprint density at radius 3 is 1.23 bits per heavy atom. The largest absolute Gasteiger partial charge is 0.445 e. The number of hydrogen-bond donors (Lipinski definition) is 2. The lowest BCUT2D eigenvalue weighted by Gasteiger charge is -2.25. The summed E-state index contributed by atoms with van der Waals surface area (Å²) < 4.78 is 23.5. The average Bonchev–Trinajstić information content (AvgIpc) is 3.83. The summed E-state index contributed by atoms with van der Waals surface area (Å²) in [5.74, 6) is -0.632. The predicted molar refractivity (Wildman–Crippen MR) is 232 cm³/mol. The van der Waals surface area contributed by atoms with E-state index in [2.05, 4.69) is 10.6 Å². The van der Waals surface area contributed by atoms with E-state index < -0.39 is 35.5 Å². The van der Waals surface area contributed by atoms with Gasteiger partial charge in [-0.15, -0.1) is 0 Å². The minimum atomic E-state index is -0.758. The molecule has 2 aliphatic heterocycles. The Balaban J connectivity index is 1.03. The molecule has 0 aromatic heterocycles. The summed E-state index contributed by atoms with van der Waals surface area (Å²) in [6.45, 7) is 12.4. The highest BCUT2D eigenvalue weighted by Crippen LogP contribution is 2.29. The molecule has 2 N–H and O–H groups in total. The fourth-order valence-corrected chi connectivity index (χ4v) is 7.27. The van der Waals surface area contributed by atoms with Gasteiger partial charge in [-0.3, -0.25) is 19.4 Å². The van der Waals surface area contributed by atoms with Gasteiger partial charge in [0.25, 0.3) is 0 Å². The molecule has 2 aliphatic rings. The fraction of sp³-hybridized carbons (Fsp3) is 0.375. The summed E-state index contributed by atoms with van der Waals surface area (Å²) in [5, 5.41) is 5.93. The molecule has 0 aliphatic carbocycles. The number of benzene rings is 4. The van der Waals surface area contributed by atoms with Gasteiger partial charge in [-0.25, -0.2) is 9.59 Å². The molecule has 4 atom stereocenters. The van der Waals surface area contributed by atoms with E-state index in [1.807, 2.05) is 163 Å². The van der Waals surface area contributed by atoms with E-state index >= 15 is 0 Å². The first kappa shape index (κ1) is 43.6. The monoisotopic (exact) mass is 816 g/mol. The van der Waals surface area contributed by atoms with Gasteiger partial charge in [0.2, 0.25) is 11.8 Å². The number of anilines is 2. The first-order chi connectivity index (χ1) is 28.6. The van der Waals surface area contributed by atoms with E-state index in [9.17, 15) is 19.2 Å². The smallest absolute Gasteiger partial charge is 0.410 e. The second-order valence-corrected chi connectivity index (χ2v) is 17.1. The number of rotatable bonds is 12. The summed E-state index contributed by atoms with van der Waals surface area (Å²) in [7, 11) is 0.